The molecule has 92 heavy (non-hydrogen) atoms. The third-order valence-electron chi connectivity index (χ3n) is 14.4. The Kier molecular flexibility index (Phi) is 40.0. The fourth-order valence-corrected chi connectivity index (χ4v) is 8.79. The van der Waals surface area contributed by atoms with Crippen LogP contribution in [0, 0.1) is 5.92 Å². The SMILES string of the molecule is CC(C)[C@H](NC(=O)[C@H](CCCC[N+](C)(C)C)NC(=O)[C@H](CO)NC(=O)[C@H](CCC[NH+]=C(N)N)NC(=O)[C@H](C)NC(=O)[C@H](C)NC(=O)[C@@H]([NH3+])CCC[NH+]=C(N)N)C(=O)O.CC[C@H](NC(=O)[C@H](C)NC(=O)[C@@H]1CCC[NH2+]1)C(=O)N[C@@H](C)C(=O)N[C@H](C=O)CCC[NH+]=C(N)N. The molecule has 0 aromatic heterocycles. The summed E-state index contributed by atoms with van der Waals surface area (Å²) < 4.78 is 0.660. The number of hydrogen-bond acceptors (Lipinski definition) is 13. The maximum absolute atomic E-state index is 13.6. The summed E-state index contributed by atoms with van der Waals surface area (Å²) in [5, 5.41) is 47.1. The Bertz CT molecular complexity index is 2500. The molecule has 0 spiro atoms. The maximum atomic E-state index is 13.6. The molecule has 1 saturated heterocycles. The molecule has 10 amide bonds. The van der Waals surface area contributed by atoms with Crippen LogP contribution in [-0.4, -0.2) is 237 Å². The van der Waals surface area contributed by atoms with E-state index >= 15 is 0 Å². The van der Waals surface area contributed by atoms with E-state index in [4.69, 9.17) is 34.4 Å². The highest BCUT2D eigenvalue weighted by Crippen LogP contribution is 2.09. The Morgan fingerprint density at radius 2 is 0.935 bits per heavy atom. The third kappa shape index (κ3) is 35.8. The van der Waals surface area contributed by atoms with Crippen molar-refractivity contribution in [1.82, 2.24) is 53.2 Å². The van der Waals surface area contributed by atoms with Gasteiger partial charge in [-0.2, -0.15) is 0 Å². The Hall–Kier alpha value is -8.51. The quantitative estimate of drug-likeness (QED) is 0.00887. The van der Waals surface area contributed by atoms with Crippen LogP contribution >= 0.6 is 0 Å². The molecule has 524 valence electrons. The topological polar surface area (TPSA) is 608 Å². The van der Waals surface area contributed by atoms with Crippen molar-refractivity contribution in [2.75, 3.05) is 60.5 Å². The summed E-state index contributed by atoms with van der Waals surface area (Å²) in [5.41, 5.74) is 36.0. The van der Waals surface area contributed by atoms with E-state index in [0.29, 0.717) is 62.4 Å². The third-order valence-corrected chi connectivity index (χ3v) is 14.4. The first kappa shape index (κ1) is 83.5. The predicted octanol–water partition coefficient (Wildman–Crippen LogP) is -15.1. The van der Waals surface area contributed by atoms with E-state index in [1.807, 2.05) is 26.5 Å². The first-order valence-electron chi connectivity index (χ1n) is 31.1. The number of aliphatic hydroxyl groups excluding tert-OH is 1. The number of nitrogens with zero attached hydrogens (tertiary/aromatic N) is 1. The van der Waals surface area contributed by atoms with Gasteiger partial charge in [-0.25, -0.2) is 4.79 Å². The molecule has 36 nitrogen and oxygen atoms in total. The molecular formula is C56H112N22O14+6. The Labute approximate surface area is 537 Å². The van der Waals surface area contributed by atoms with Crippen LogP contribution in [0.3, 0.4) is 0 Å². The first-order chi connectivity index (χ1) is 43.0. The van der Waals surface area contributed by atoms with Crippen LogP contribution in [0.25, 0.3) is 0 Å². The average Bonchev–Trinajstić information content (AvgIpc) is 3.64. The lowest BCUT2D eigenvalue weighted by Gasteiger charge is -2.27. The number of carbonyl (C=O) groups is 12. The molecule has 0 radical (unpaired) electrons. The van der Waals surface area contributed by atoms with Gasteiger partial charge in [0, 0.05) is 19.3 Å². The summed E-state index contributed by atoms with van der Waals surface area (Å²) in [5.74, 6) is -7.91. The fourth-order valence-electron chi connectivity index (χ4n) is 8.79. The molecule has 32 N–H and O–H groups in total. The van der Waals surface area contributed by atoms with Gasteiger partial charge in [-0.1, -0.05) is 20.8 Å². The van der Waals surface area contributed by atoms with Crippen molar-refractivity contribution >= 4 is 89.2 Å². The minimum Gasteiger partial charge on any atom is -0.480 e. The highest BCUT2D eigenvalue weighted by atomic mass is 16.4. The van der Waals surface area contributed by atoms with E-state index in [9.17, 15) is 67.7 Å². The van der Waals surface area contributed by atoms with Gasteiger partial charge < -0.3 is 83.7 Å². The monoisotopic (exact) mass is 1320 g/mol. The minimum atomic E-state index is -1.58. The standard InChI is InChI=1S/C35H68N14O9.C21H38N8O5/c1-19(2)26(33(57)58)48-31(55)23(13-8-9-17-49(5,6)7)46-32(56)25(18-50)47-30(54)24(14-11-16-42-35(39)40)45-28(52)21(4)43-27(51)20(3)44-29(53)22(36)12-10-15-41-34(37)38;1-4-15(29-18(32)13(3)27-20(34)16-8-6-9-24-16)19(33)26-12(2)17(31)28-14(11-30)7-5-10-25-21(22)23/h19-26,50H,8-18,36H2,1-7H3,(H14-,37,38,39,40,41,42,43,44,45,46,47,48,51,52,53,54,55,56,57,58);11-16,24H,4-10H2,1-3H3,(H,26,33)(H,27,34)(H,28,31)(H,29,32)(H4,22,23,25)/p+6/t20-,21-,22-,23-,24-,25-,26-;12-,13-,14-,15-,16-/m00/s1. The lowest BCUT2D eigenvalue weighted by Crippen LogP contribution is -2.89. The molecule has 0 aliphatic carbocycles. The number of quaternary nitrogens is 3. The number of nitrogens with one attached hydrogen (secondary N) is 13. The smallest absolute Gasteiger partial charge is 0.338 e. The van der Waals surface area contributed by atoms with Crippen LogP contribution in [0.5, 0.6) is 0 Å². The second-order valence-electron chi connectivity index (χ2n) is 24.1. The Morgan fingerprint density at radius 3 is 1.39 bits per heavy atom. The molecule has 36 heteroatoms. The van der Waals surface area contributed by atoms with Crippen LogP contribution in [0.1, 0.15) is 126 Å². The number of carbonyl (C=O) groups excluding carboxylic acids is 11. The zero-order valence-corrected chi connectivity index (χ0v) is 55.3. The molecule has 0 bridgehead atoms. The van der Waals surface area contributed by atoms with E-state index in [0.717, 1.165) is 25.9 Å². The average molecular weight is 1320 g/mol. The van der Waals surface area contributed by atoms with Gasteiger partial charge in [-0.05, 0) is 91.4 Å². The van der Waals surface area contributed by atoms with Crippen molar-refractivity contribution in [3.8, 4) is 0 Å². The number of nitrogens with two attached hydrogens (primary N) is 7. The Balaban J connectivity index is 0.00000206. The second kappa shape index (κ2) is 44.1. The molecule has 0 aromatic rings. The van der Waals surface area contributed by atoms with Gasteiger partial charge in [0.2, 0.25) is 47.3 Å². The van der Waals surface area contributed by atoms with Crippen molar-refractivity contribution in [3.63, 3.8) is 0 Å². The van der Waals surface area contributed by atoms with E-state index in [1.165, 1.54) is 20.8 Å². The van der Waals surface area contributed by atoms with E-state index in [2.05, 4.69) is 73.9 Å². The summed E-state index contributed by atoms with van der Waals surface area (Å²) in [6.45, 7) is 12.6. The summed E-state index contributed by atoms with van der Waals surface area (Å²) in [6.07, 6.45) is 6.01. The fraction of sp³-hybridized carbons (Fsp3) is 0.732. The van der Waals surface area contributed by atoms with Crippen LogP contribution in [0.15, 0.2) is 0 Å². The van der Waals surface area contributed by atoms with E-state index < -0.39 is 138 Å². The molecule has 1 heterocycles. The number of guanidine groups is 3. The number of amides is 10. The zero-order chi connectivity index (χ0) is 70.4. The summed E-state index contributed by atoms with van der Waals surface area (Å²) in [6, 6.07) is -11.8. The molecule has 1 rings (SSSR count). The highest BCUT2D eigenvalue weighted by molar-refractivity contribution is 5.97. The van der Waals surface area contributed by atoms with Crippen molar-refractivity contribution in [1.29, 1.82) is 0 Å². The van der Waals surface area contributed by atoms with Gasteiger partial charge in [0.25, 0.3) is 11.8 Å². The molecular weight excluding hydrogens is 1200 g/mol. The summed E-state index contributed by atoms with van der Waals surface area (Å²) in [4.78, 5) is 160. The molecule has 0 aromatic carbocycles. The Morgan fingerprint density at radius 1 is 0.533 bits per heavy atom. The number of rotatable bonds is 42. The first-order valence-corrected chi connectivity index (χ1v) is 31.1. The summed E-state index contributed by atoms with van der Waals surface area (Å²) >= 11 is 0. The number of hydrogen-bond donors (Lipinski definition) is 23. The van der Waals surface area contributed by atoms with E-state index in [1.54, 1.807) is 27.7 Å². The number of aldehydes is 1. The lowest BCUT2D eigenvalue weighted by molar-refractivity contribution is -0.870. The molecule has 1 aliphatic rings. The van der Waals surface area contributed by atoms with Gasteiger partial charge in [-0.15, -0.1) is 0 Å². The number of aliphatic carboxylic acids is 1. The number of unbranched alkanes of at least 4 members (excludes halogenated alkanes) is 1. The molecule has 12 atom stereocenters. The van der Waals surface area contributed by atoms with Crippen molar-refractivity contribution < 1.29 is 98.3 Å². The molecule has 0 unspecified atom stereocenters. The van der Waals surface area contributed by atoms with Gasteiger partial charge >= 0.3 is 23.8 Å². The van der Waals surface area contributed by atoms with Crippen LogP contribution < -0.4 is 114 Å². The second-order valence-corrected chi connectivity index (χ2v) is 24.1. The normalized spacial score (nSPS) is 16.2. The van der Waals surface area contributed by atoms with Crippen LogP contribution in [0.4, 0.5) is 0 Å². The molecule has 1 fully saturated rings. The largest absolute Gasteiger partial charge is 0.480 e. The summed E-state index contributed by atoms with van der Waals surface area (Å²) in [7, 11) is 6.00. The van der Waals surface area contributed by atoms with Crippen molar-refractivity contribution in [2.45, 2.75) is 198 Å². The van der Waals surface area contributed by atoms with Crippen molar-refractivity contribution in [3.05, 3.63) is 0 Å². The maximum Gasteiger partial charge on any atom is 0.338 e. The van der Waals surface area contributed by atoms with Gasteiger partial charge in [-0.3, -0.25) is 97.3 Å². The molecule has 0 saturated carbocycles. The van der Waals surface area contributed by atoms with Crippen LogP contribution in [0.2, 0.25) is 0 Å². The lowest BCUT2D eigenvalue weighted by atomic mass is 10.0. The number of carboxylic acid groups (broad SMARTS) is 1. The van der Waals surface area contributed by atoms with Gasteiger partial charge in [0.15, 0.2) is 12.1 Å². The van der Waals surface area contributed by atoms with Gasteiger partial charge in [0.1, 0.15) is 60.7 Å². The minimum absolute atomic E-state index is 0.00977. The van der Waals surface area contributed by atoms with Crippen LogP contribution in [-0.2, 0) is 57.5 Å². The van der Waals surface area contributed by atoms with Gasteiger partial charge in [0.05, 0.1) is 66.5 Å². The number of aliphatic hydroxyl groups is 1. The zero-order valence-electron chi connectivity index (χ0n) is 55.3. The van der Waals surface area contributed by atoms with E-state index in [-0.39, 0.29) is 62.1 Å². The molecule has 1 aliphatic heterocycles. The number of carboxylic acids is 1. The highest BCUT2D eigenvalue weighted by Gasteiger charge is 2.35. The predicted molar refractivity (Wildman–Crippen MR) is 336 cm³/mol. The van der Waals surface area contributed by atoms with Crippen molar-refractivity contribution in [2.24, 2.45) is 40.3 Å².